The van der Waals surface area contributed by atoms with Crippen LogP contribution in [0.15, 0.2) is 88.5 Å². The molecule has 0 aliphatic heterocycles. The van der Waals surface area contributed by atoms with Gasteiger partial charge in [-0.1, -0.05) is 89.1 Å². The first-order valence-corrected chi connectivity index (χ1v) is 14.7. The second kappa shape index (κ2) is 10.4. The molecular weight excluding hydrogens is 573 g/mol. The Morgan fingerprint density at radius 3 is 2.17 bits per heavy atom. The molecule has 1 aliphatic rings. The first-order chi connectivity index (χ1) is 20.0. The van der Waals surface area contributed by atoms with Crippen molar-refractivity contribution in [2.75, 3.05) is 0 Å². The number of halogens is 2. The van der Waals surface area contributed by atoms with Gasteiger partial charge in [-0.3, -0.25) is 9.59 Å². The maximum atomic E-state index is 14.1. The van der Waals surface area contributed by atoms with Crippen LogP contribution in [0.2, 0.25) is 10.0 Å². The van der Waals surface area contributed by atoms with Gasteiger partial charge in [0.15, 0.2) is 5.65 Å². The molecule has 0 saturated carbocycles. The molecule has 41 heavy (non-hydrogen) atoms. The molecule has 0 spiro atoms. The Morgan fingerprint density at radius 1 is 0.756 bits per heavy atom. The third-order valence-corrected chi connectivity index (χ3v) is 8.79. The highest BCUT2D eigenvalue weighted by Gasteiger charge is 2.26. The molecule has 3 aromatic heterocycles. The second-order valence-electron chi connectivity index (χ2n) is 9.96. The first kappa shape index (κ1) is 25.8. The second-order valence-corrected chi connectivity index (χ2v) is 11.8. The zero-order valence-electron chi connectivity index (χ0n) is 21.6. The lowest BCUT2D eigenvalue weighted by Crippen LogP contribution is -2.31. The number of benzene rings is 3. The molecule has 0 fully saturated rings. The van der Waals surface area contributed by atoms with E-state index in [1.54, 1.807) is 6.08 Å². The molecule has 0 N–H and O–H groups in total. The van der Waals surface area contributed by atoms with Crippen LogP contribution in [-0.2, 0) is 6.42 Å². The smallest absolute Gasteiger partial charge is 0.268 e. The predicted octanol–water partition coefficient (Wildman–Crippen LogP) is 7.06. The lowest BCUT2D eigenvalue weighted by molar-refractivity contribution is 0.815. The number of hydrogen-bond donors (Lipinski definition) is 0. The number of hydrogen-bond acceptors (Lipinski definition) is 5. The van der Waals surface area contributed by atoms with Crippen molar-refractivity contribution in [1.82, 2.24) is 14.4 Å². The van der Waals surface area contributed by atoms with Gasteiger partial charge in [-0.2, -0.15) is 4.98 Å². The summed E-state index contributed by atoms with van der Waals surface area (Å²) >= 11 is 13.5. The summed E-state index contributed by atoms with van der Waals surface area (Å²) in [7, 11) is 0. The number of fused-ring (bicyclic) bond motifs is 3. The summed E-state index contributed by atoms with van der Waals surface area (Å²) < 4.78 is 1.62. The van der Waals surface area contributed by atoms with E-state index in [0.29, 0.717) is 30.6 Å². The van der Waals surface area contributed by atoms with Crippen LogP contribution in [0.5, 0.6) is 0 Å². The summed E-state index contributed by atoms with van der Waals surface area (Å²) in [4.78, 5) is 37.8. The van der Waals surface area contributed by atoms with E-state index in [-0.39, 0.29) is 5.56 Å². The first-order valence-electron chi connectivity index (χ1n) is 13.2. The zero-order valence-corrected chi connectivity index (χ0v) is 23.9. The molecule has 8 heteroatoms. The van der Waals surface area contributed by atoms with Crippen molar-refractivity contribution in [2.45, 2.75) is 19.3 Å². The lowest BCUT2D eigenvalue weighted by atomic mass is 9.84. The minimum absolute atomic E-state index is 0.322. The normalized spacial score (nSPS) is 14.7. The van der Waals surface area contributed by atoms with Crippen LogP contribution < -0.4 is 15.7 Å². The molecule has 0 atom stereocenters. The Labute approximate surface area is 248 Å². The molecule has 7 rings (SSSR count). The van der Waals surface area contributed by atoms with Gasteiger partial charge in [-0.15, -0.1) is 0 Å². The Bertz CT molecular complexity index is 2170. The van der Waals surface area contributed by atoms with Crippen LogP contribution in [0.1, 0.15) is 35.2 Å². The molecular formula is C33H21Cl2N3O2S. The Hall–Kier alpha value is -4.10. The molecule has 1 aliphatic carbocycles. The van der Waals surface area contributed by atoms with Crippen molar-refractivity contribution in [1.29, 1.82) is 0 Å². The standard InChI is InChI=1S/C33H21Cl2N3O2S/c34-23-13-9-20(10-14-23)17-22-7-4-8-25-27(21-11-15-24(35)16-12-21)28-30(36-29(22)25)37-33-38(32(28)40)31(39)26(41-33)18-19-5-2-1-3-6-19/h1-3,5-6,9-18H,4,7-8H2/b22-17-,26-18-. The molecule has 0 amide bonds. The Kier molecular flexibility index (Phi) is 6.54. The van der Waals surface area contributed by atoms with Gasteiger partial charge in [-0.05, 0) is 83.5 Å². The minimum atomic E-state index is -0.409. The molecule has 0 saturated heterocycles. The summed E-state index contributed by atoms with van der Waals surface area (Å²) in [5.41, 5.74) is 5.91. The number of allylic oxidation sites excluding steroid dienone is 1. The maximum Gasteiger partial charge on any atom is 0.277 e. The van der Waals surface area contributed by atoms with Gasteiger partial charge in [0.25, 0.3) is 11.1 Å². The van der Waals surface area contributed by atoms with E-state index in [2.05, 4.69) is 6.08 Å². The molecule has 3 heterocycles. The fourth-order valence-electron chi connectivity index (χ4n) is 5.44. The van der Waals surface area contributed by atoms with Gasteiger partial charge in [0.05, 0.1) is 15.6 Å². The summed E-state index contributed by atoms with van der Waals surface area (Å²) in [6.45, 7) is 0. The molecule has 0 bridgehead atoms. The average molecular weight is 595 g/mol. The number of pyridine rings is 1. The van der Waals surface area contributed by atoms with E-state index in [9.17, 15) is 9.59 Å². The highest BCUT2D eigenvalue weighted by Crippen LogP contribution is 2.40. The van der Waals surface area contributed by atoms with E-state index in [1.807, 2.05) is 78.9 Å². The van der Waals surface area contributed by atoms with E-state index < -0.39 is 5.56 Å². The van der Waals surface area contributed by atoms with Crippen molar-refractivity contribution in [3.05, 3.63) is 137 Å². The van der Waals surface area contributed by atoms with Crippen LogP contribution in [-0.4, -0.2) is 14.4 Å². The van der Waals surface area contributed by atoms with E-state index in [4.69, 9.17) is 33.2 Å². The Morgan fingerprint density at radius 2 is 1.44 bits per heavy atom. The van der Waals surface area contributed by atoms with Crippen molar-refractivity contribution >= 4 is 68.3 Å². The third-order valence-electron chi connectivity index (χ3n) is 7.32. The summed E-state index contributed by atoms with van der Waals surface area (Å²) in [6, 6.07) is 24.7. The number of aromatic nitrogens is 3. The van der Waals surface area contributed by atoms with E-state index in [0.717, 1.165) is 58.3 Å². The van der Waals surface area contributed by atoms with Crippen LogP contribution in [0, 0.1) is 0 Å². The predicted molar refractivity (Wildman–Crippen MR) is 169 cm³/mol. The van der Waals surface area contributed by atoms with Gasteiger partial charge < -0.3 is 0 Å². The van der Waals surface area contributed by atoms with Crippen LogP contribution in [0.3, 0.4) is 0 Å². The van der Waals surface area contributed by atoms with Gasteiger partial charge in [0, 0.05) is 15.6 Å². The molecule has 3 aromatic carbocycles. The molecule has 0 unspecified atom stereocenters. The summed E-state index contributed by atoms with van der Waals surface area (Å²) in [5, 5.41) is 1.62. The van der Waals surface area contributed by atoms with E-state index >= 15 is 0 Å². The van der Waals surface area contributed by atoms with Gasteiger partial charge in [-0.25, -0.2) is 9.38 Å². The number of rotatable bonds is 3. The molecule has 0 radical (unpaired) electrons. The van der Waals surface area contributed by atoms with Gasteiger partial charge >= 0.3 is 0 Å². The van der Waals surface area contributed by atoms with Gasteiger partial charge in [0.2, 0.25) is 4.96 Å². The van der Waals surface area contributed by atoms with Crippen LogP contribution in [0.25, 0.3) is 44.8 Å². The van der Waals surface area contributed by atoms with Crippen molar-refractivity contribution in [3.63, 3.8) is 0 Å². The van der Waals surface area contributed by atoms with Crippen molar-refractivity contribution in [2.24, 2.45) is 0 Å². The van der Waals surface area contributed by atoms with Crippen LogP contribution in [0.4, 0.5) is 0 Å². The largest absolute Gasteiger partial charge is 0.277 e. The zero-order chi connectivity index (χ0) is 28.1. The molecule has 200 valence electrons. The summed E-state index contributed by atoms with van der Waals surface area (Å²) in [5.74, 6) is 0. The van der Waals surface area contributed by atoms with Crippen LogP contribution >= 0.6 is 34.5 Å². The molecule has 6 aromatic rings. The SMILES string of the molecule is O=c1/c(=C/c2ccccc2)sc2nc3nc4c(c(-c5ccc(Cl)cc5)c3c(=O)n12)CCC/C4=C/c1ccc(Cl)cc1. The quantitative estimate of drug-likeness (QED) is 0.220. The highest BCUT2D eigenvalue weighted by molar-refractivity contribution is 7.15. The fourth-order valence-corrected chi connectivity index (χ4v) is 6.66. The minimum Gasteiger partial charge on any atom is -0.268 e. The lowest BCUT2D eigenvalue weighted by Gasteiger charge is -2.23. The van der Waals surface area contributed by atoms with Crippen molar-refractivity contribution < 1.29 is 0 Å². The third kappa shape index (κ3) is 4.68. The van der Waals surface area contributed by atoms with Gasteiger partial charge in [0.1, 0.15) is 0 Å². The molecule has 5 nitrogen and oxygen atoms in total. The van der Waals surface area contributed by atoms with Crippen molar-refractivity contribution in [3.8, 4) is 11.1 Å². The maximum absolute atomic E-state index is 14.1. The summed E-state index contributed by atoms with van der Waals surface area (Å²) in [6.07, 6.45) is 6.40. The number of nitrogens with zero attached hydrogens (tertiary/aromatic N) is 3. The number of thiazole rings is 1. The average Bonchev–Trinajstić information content (AvgIpc) is 3.29. The Balaban J connectivity index is 1.55. The monoisotopic (exact) mass is 593 g/mol. The topological polar surface area (TPSA) is 64.3 Å². The highest BCUT2D eigenvalue weighted by atomic mass is 35.5. The van der Waals surface area contributed by atoms with E-state index in [1.165, 1.54) is 15.7 Å². The fraction of sp³-hybridized carbons (Fsp3) is 0.0909.